The fourth-order valence-corrected chi connectivity index (χ4v) is 5.56. The second-order valence-electron chi connectivity index (χ2n) is 9.47. The maximum atomic E-state index is 5.19. The van der Waals surface area contributed by atoms with E-state index in [0.717, 1.165) is 50.1 Å². The maximum Gasteiger partial charge on any atom is 0.191 e. The molecule has 0 amide bonds. The first-order valence-corrected chi connectivity index (χ1v) is 12.4. The van der Waals surface area contributed by atoms with Crippen molar-refractivity contribution < 1.29 is 4.74 Å². The molecule has 3 heterocycles. The van der Waals surface area contributed by atoms with Gasteiger partial charge < -0.3 is 15.4 Å². The van der Waals surface area contributed by atoms with Crippen LogP contribution in [0.3, 0.4) is 0 Å². The van der Waals surface area contributed by atoms with E-state index in [2.05, 4.69) is 32.5 Å². The van der Waals surface area contributed by atoms with Gasteiger partial charge in [0.2, 0.25) is 0 Å². The minimum Gasteiger partial charge on any atom is -0.377 e. The van der Waals surface area contributed by atoms with Gasteiger partial charge >= 0.3 is 0 Å². The van der Waals surface area contributed by atoms with Gasteiger partial charge in [0, 0.05) is 31.7 Å². The third kappa shape index (κ3) is 5.58. The van der Waals surface area contributed by atoms with Gasteiger partial charge in [-0.1, -0.05) is 25.7 Å². The Morgan fingerprint density at radius 2 is 1.94 bits per heavy atom. The molecule has 2 fully saturated rings. The molecule has 31 heavy (non-hydrogen) atoms. The average molecular weight is 432 g/mol. The van der Waals surface area contributed by atoms with Crippen LogP contribution in [0.15, 0.2) is 4.99 Å². The van der Waals surface area contributed by atoms with Crippen molar-refractivity contribution in [1.29, 1.82) is 0 Å². The van der Waals surface area contributed by atoms with E-state index < -0.39 is 0 Å². The normalized spacial score (nSPS) is 24.6. The van der Waals surface area contributed by atoms with Crippen molar-refractivity contribution in [2.24, 2.45) is 4.99 Å². The number of nitrogens with one attached hydrogen (secondary N) is 2. The molecule has 1 atom stereocenters. The quantitative estimate of drug-likeness (QED) is 0.510. The molecule has 3 aliphatic rings. The van der Waals surface area contributed by atoms with E-state index in [1.807, 2.05) is 4.68 Å². The van der Waals surface area contributed by atoms with Crippen LogP contribution in [-0.2, 0) is 24.3 Å². The van der Waals surface area contributed by atoms with Gasteiger partial charge in [0.05, 0.1) is 13.1 Å². The summed E-state index contributed by atoms with van der Waals surface area (Å²) in [6, 6.07) is 0.319. The molecule has 1 saturated carbocycles. The molecule has 1 aromatic rings. The summed E-state index contributed by atoms with van der Waals surface area (Å²) in [4.78, 5) is 12.5. The molecule has 4 rings (SSSR count). The molecule has 1 saturated heterocycles. The van der Waals surface area contributed by atoms with Gasteiger partial charge in [-0.3, -0.25) is 9.89 Å². The molecule has 1 aromatic heterocycles. The molecule has 1 aliphatic carbocycles. The van der Waals surface area contributed by atoms with Crippen molar-refractivity contribution in [2.75, 3.05) is 33.3 Å². The Morgan fingerprint density at radius 1 is 1.16 bits per heavy atom. The number of aryl methyl sites for hydroxylation is 1. The summed E-state index contributed by atoms with van der Waals surface area (Å²) < 4.78 is 7.23. The first kappa shape index (κ1) is 22.5. The lowest BCUT2D eigenvalue weighted by atomic mass is 9.79. The number of hydrogen-bond donors (Lipinski definition) is 2. The Bertz CT molecular complexity index is 720. The van der Waals surface area contributed by atoms with Crippen molar-refractivity contribution in [3.8, 4) is 0 Å². The summed E-state index contributed by atoms with van der Waals surface area (Å²) in [7, 11) is 1.69. The number of fused-ring (bicyclic) bond motifs is 1. The Kier molecular flexibility index (Phi) is 7.82. The van der Waals surface area contributed by atoms with Crippen molar-refractivity contribution in [2.45, 2.75) is 95.9 Å². The second kappa shape index (κ2) is 10.8. The molecular weight excluding hydrogens is 390 g/mol. The predicted molar refractivity (Wildman–Crippen MR) is 123 cm³/mol. The van der Waals surface area contributed by atoms with Crippen LogP contribution in [0, 0.1) is 0 Å². The van der Waals surface area contributed by atoms with Gasteiger partial charge in [0.1, 0.15) is 12.4 Å². The minimum atomic E-state index is 0.266. The Hall–Kier alpha value is -1.67. The third-order valence-corrected chi connectivity index (χ3v) is 7.20. The highest BCUT2D eigenvalue weighted by Gasteiger charge is 2.38. The highest BCUT2D eigenvalue weighted by atomic mass is 16.5. The van der Waals surface area contributed by atoms with Crippen LogP contribution in [0.4, 0.5) is 0 Å². The van der Waals surface area contributed by atoms with E-state index in [-0.39, 0.29) is 5.54 Å². The standard InChI is InChI=1S/C23H41N7O/c1-3-24-22(26-19-10-11-21-27-20(17-31-2)28-30(21)16-19)25-18-23(12-6-4-7-13-23)29-14-8-5-9-15-29/h19H,3-18H2,1-2H3,(H2,24,25,26). The molecule has 1 unspecified atom stereocenters. The van der Waals surface area contributed by atoms with E-state index in [1.54, 1.807) is 7.11 Å². The fraction of sp³-hybridized carbons (Fsp3) is 0.870. The lowest BCUT2D eigenvalue weighted by Crippen LogP contribution is -2.55. The maximum absolute atomic E-state index is 5.19. The summed E-state index contributed by atoms with van der Waals surface area (Å²) in [5.74, 6) is 2.80. The van der Waals surface area contributed by atoms with Crippen molar-refractivity contribution in [3.63, 3.8) is 0 Å². The Balaban J connectivity index is 1.42. The van der Waals surface area contributed by atoms with Gasteiger partial charge in [-0.2, -0.15) is 5.10 Å². The molecule has 0 radical (unpaired) electrons. The molecule has 2 aliphatic heterocycles. The van der Waals surface area contributed by atoms with Crippen LogP contribution < -0.4 is 10.6 Å². The molecule has 0 aromatic carbocycles. The van der Waals surface area contributed by atoms with E-state index in [4.69, 9.17) is 9.73 Å². The van der Waals surface area contributed by atoms with Gasteiger partial charge in [-0.25, -0.2) is 9.67 Å². The van der Waals surface area contributed by atoms with Crippen molar-refractivity contribution in [3.05, 3.63) is 11.6 Å². The molecule has 174 valence electrons. The van der Waals surface area contributed by atoms with Crippen LogP contribution in [-0.4, -0.2) is 70.5 Å². The zero-order valence-electron chi connectivity index (χ0n) is 19.5. The number of piperidine rings is 1. The van der Waals surface area contributed by atoms with Crippen LogP contribution in [0.25, 0.3) is 0 Å². The third-order valence-electron chi connectivity index (χ3n) is 7.20. The lowest BCUT2D eigenvalue weighted by Gasteiger charge is -2.47. The van der Waals surface area contributed by atoms with Crippen molar-refractivity contribution >= 4 is 5.96 Å². The monoisotopic (exact) mass is 431 g/mol. The zero-order chi connectivity index (χ0) is 21.5. The van der Waals surface area contributed by atoms with E-state index in [0.29, 0.717) is 12.6 Å². The van der Waals surface area contributed by atoms with Crippen LogP contribution in [0.5, 0.6) is 0 Å². The topological polar surface area (TPSA) is 79.6 Å². The number of hydrogen-bond acceptors (Lipinski definition) is 5. The van der Waals surface area contributed by atoms with Gasteiger partial charge in [0.15, 0.2) is 11.8 Å². The molecule has 0 bridgehead atoms. The van der Waals surface area contributed by atoms with Crippen LogP contribution in [0.2, 0.25) is 0 Å². The molecule has 2 N–H and O–H groups in total. The molecule has 0 spiro atoms. The number of rotatable bonds is 7. The summed E-state index contributed by atoms with van der Waals surface area (Å²) in [5, 5.41) is 11.8. The molecule has 8 nitrogen and oxygen atoms in total. The SMILES string of the molecule is CCNC(=NCC1(N2CCCCC2)CCCCC1)NC1CCc2nc(COC)nn2C1. The van der Waals surface area contributed by atoms with Gasteiger partial charge in [-0.15, -0.1) is 0 Å². The average Bonchev–Trinajstić information content (AvgIpc) is 3.21. The van der Waals surface area contributed by atoms with Crippen molar-refractivity contribution in [1.82, 2.24) is 30.3 Å². The number of guanidine groups is 1. The Labute approximate surface area is 187 Å². The lowest BCUT2D eigenvalue weighted by molar-refractivity contribution is 0.0407. The highest BCUT2D eigenvalue weighted by Crippen LogP contribution is 2.35. The highest BCUT2D eigenvalue weighted by molar-refractivity contribution is 5.80. The first-order valence-electron chi connectivity index (χ1n) is 12.4. The number of aliphatic imine (C=N–C) groups is 1. The van der Waals surface area contributed by atoms with Gasteiger partial charge in [0.25, 0.3) is 0 Å². The number of methoxy groups -OCH3 is 1. The summed E-state index contributed by atoms with van der Waals surface area (Å²) in [6.07, 6.45) is 12.7. The Morgan fingerprint density at radius 3 is 2.68 bits per heavy atom. The fourth-order valence-electron chi connectivity index (χ4n) is 5.56. The predicted octanol–water partition coefficient (Wildman–Crippen LogP) is 2.48. The largest absolute Gasteiger partial charge is 0.377 e. The summed E-state index contributed by atoms with van der Waals surface area (Å²) in [5.41, 5.74) is 0.266. The zero-order valence-corrected chi connectivity index (χ0v) is 19.5. The van der Waals surface area contributed by atoms with Crippen LogP contribution in [0.1, 0.15) is 76.4 Å². The minimum absolute atomic E-state index is 0.266. The number of likely N-dealkylation sites (tertiary alicyclic amines) is 1. The number of nitrogens with zero attached hydrogens (tertiary/aromatic N) is 5. The van der Waals surface area contributed by atoms with E-state index in [9.17, 15) is 0 Å². The van der Waals surface area contributed by atoms with E-state index >= 15 is 0 Å². The first-order chi connectivity index (χ1) is 15.2. The molecule has 8 heteroatoms. The van der Waals surface area contributed by atoms with Gasteiger partial charge in [-0.05, 0) is 52.1 Å². The summed E-state index contributed by atoms with van der Waals surface area (Å²) >= 11 is 0. The number of aromatic nitrogens is 3. The van der Waals surface area contributed by atoms with E-state index in [1.165, 1.54) is 64.5 Å². The smallest absolute Gasteiger partial charge is 0.191 e. The molecular formula is C23H41N7O. The summed E-state index contributed by atoms with van der Waals surface area (Å²) in [6.45, 7) is 7.73. The second-order valence-corrected chi connectivity index (χ2v) is 9.47. The number of ether oxygens (including phenoxy) is 1. The van der Waals surface area contributed by atoms with Crippen LogP contribution >= 0.6 is 0 Å².